The molecule has 2 atom stereocenters. The fourth-order valence-corrected chi connectivity index (χ4v) is 2.81. The molecule has 1 aromatic carbocycles. The Bertz CT molecular complexity index is 471. The molecule has 1 aromatic rings. The second-order valence-corrected chi connectivity index (χ2v) is 5.80. The lowest BCUT2D eigenvalue weighted by Gasteiger charge is -2.20. The quantitative estimate of drug-likeness (QED) is 0.864. The Kier molecular flexibility index (Phi) is 3.92. The molecule has 0 radical (unpaired) electrons. The number of benzene rings is 1. The maximum Gasteiger partial charge on any atom is 0.239 e. The molecule has 104 valence electrons. The van der Waals surface area contributed by atoms with E-state index in [2.05, 4.69) is 31.3 Å². The summed E-state index contributed by atoms with van der Waals surface area (Å²) < 4.78 is 4.91. The predicted molar refractivity (Wildman–Crippen MR) is 74.8 cm³/mol. The van der Waals surface area contributed by atoms with Crippen LogP contribution < -0.4 is 11.1 Å². The van der Waals surface area contributed by atoms with Gasteiger partial charge in [-0.05, 0) is 23.0 Å². The summed E-state index contributed by atoms with van der Waals surface area (Å²) in [6, 6.07) is 7.70. The van der Waals surface area contributed by atoms with Crippen LogP contribution in [0.25, 0.3) is 0 Å². The lowest BCUT2D eigenvalue weighted by atomic mass is 9.86. The van der Waals surface area contributed by atoms with Crippen molar-refractivity contribution in [2.75, 3.05) is 13.7 Å². The van der Waals surface area contributed by atoms with E-state index in [9.17, 15) is 4.79 Å². The zero-order valence-electron chi connectivity index (χ0n) is 11.8. The van der Waals surface area contributed by atoms with Gasteiger partial charge in [0, 0.05) is 7.11 Å². The molecule has 0 heterocycles. The third-order valence-corrected chi connectivity index (χ3v) is 3.78. The van der Waals surface area contributed by atoms with E-state index in [0.29, 0.717) is 0 Å². The summed E-state index contributed by atoms with van der Waals surface area (Å²) in [5.41, 5.74) is 8.35. The molecule has 1 amide bonds. The van der Waals surface area contributed by atoms with Crippen molar-refractivity contribution in [3.63, 3.8) is 0 Å². The highest BCUT2D eigenvalue weighted by atomic mass is 16.5. The monoisotopic (exact) mass is 262 g/mol. The number of rotatable bonds is 4. The molecule has 0 spiro atoms. The number of methoxy groups -OCH3 is 1. The van der Waals surface area contributed by atoms with E-state index in [1.807, 2.05) is 12.1 Å². The van der Waals surface area contributed by atoms with Crippen LogP contribution in [0.4, 0.5) is 0 Å². The first-order valence-electron chi connectivity index (χ1n) is 6.60. The zero-order valence-corrected chi connectivity index (χ0v) is 11.8. The molecule has 2 unspecified atom stereocenters. The van der Waals surface area contributed by atoms with Crippen LogP contribution in [-0.2, 0) is 14.9 Å². The number of ether oxygens (including phenoxy) is 1. The summed E-state index contributed by atoms with van der Waals surface area (Å²) in [6.45, 7) is 4.64. The van der Waals surface area contributed by atoms with Gasteiger partial charge in [-0.3, -0.25) is 4.79 Å². The standard InChI is InChI=1S/C15H22N2O2/c1-15(2)8-13(10-6-4-5-7-11(10)15)17-14(18)12(16)9-19-3/h4-7,12-13H,8-9,16H2,1-3H3,(H,17,18). The Morgan fingerprint density at radius 2 is 2.21 bits per heavy atom. The van der Waals surface area contributed by atoms with E-state index in [0.717, 1.165) is 6.42 Å². The van der Waals surface area contributed by atoms with Crippen molar-refractivity contribution in [1.82, 2.24) is 5.32 Å². The lowest BCUT2D eigenvalue weighted by molar-refractivity contribution is -0.124. The largest absolute Gasteiger partial charge is 0.383 e. The summed E-state index contributed by atoms with van der Waals surface area (Å²) in [4.78, 5) is 12.0. The lowest BCUT2D eigenvalue weighted by Crippen LogP contribution is -2.44. The van der Waals surface area contributed by atoms with Crippen molar-refractivity contribution in [2.24, 2.45) is 5.73 Å². The third-order valence-electron chi connectivity index (χ3n) is 3.78. The van der Waals surface area contributed by atoms with Crippen LogP contribution >= 0.6 is 0 Å². The molecular formula is C15H22N2O2. The fraction of sp³-hybridized carbons (Fsp3) is 0.533. The minimum Gasteiger partial charge on any atom is -0.383 e. The van der Waals surface area contributed by atoms with Crippen molar-refractivity contribution in [3.05, 3.63) is 35.4 Å². The molecule has 4 heteroatoms. The molecule has 0 saturated carbocycles. The van der Waals surface area contributed by atoms with Gasteiger partial charge in [-0.25, -0.2) is 0 Å². The van der Waals surface area contributed by atoms with Crippen LogP contribution in [0.3, 0.4) is 0 Å². The van der Waals surface area contributed by atoms with Crippen LogP contribution in [0.15, 0.2) is 24.3 Å². The van der Waals surface area contributed by atoms with E-state index in [-0.39, 0.29) is 24.0 Å². The smallest absolute Gasteiger partial charge is 0.239 e. The molecule has 4 nitrogen and oxygen atoms in total. The second kappa shape index (κ2) is 5.31. The van der Waals surface area contributed by atoms with Crippen molar-refractivity contribution < 1.29 is 9.53 Å². The second-order valence-electron chi connectivity index (χ2n) is 5.80. The number of nitrogens with one attached hydrogen (secondary N) is 1. The molecule has 0 aliphatic heterocycles. The number of nitrogens with two attached hydrogens (primary N) is 1. The van der Waals surface area contributed by atoms with Crippen molar-refractivity contribution in [2.45, 2.75) is 37.8 Å². The number of amides is 1. The summed E-state index contributed by atoms with van der Waals surface area (Å²) >= 11 is 0. The molecule has 2 rings (SSSR count). The first kappa shape index (κ1) is 14.0. The Labute approximate surface area is 114 Å². The van der Waals surface area contributed by atoms with Crippen molar-refractivity contribution >= 4 is 5.91 Å². The Morgan fingerprint density at radius 1 is 1.53 bits per heavy atom. The van der Waals surface area contributed by atoms with Gasteiger partial charge in [0.2, 0.25) is 5.91 Å². The van der Waals surface area contributed by atoms with Gasteiger partial charge in [0.05, 0.1) is 12.6 Å². The van der Waals surface area contributed by atoms with Gasteiger partial charge >= 0.3 is 0 Å². The van der Waals surface area contributed by atoms with E-state index in [4.69, 9.17) is 10.5 Å². The third kappa shape index (κ3) is 2.80. The highest BCUT2D eigenvalue weighted by Crippen LogP contribution is 2.44. The summed E-state index contributed by atoms with van der Waals surface area (Å²) in [7, 11) is 1.54. The molecule has 0 saturated heterocycles. The molecule has 1 aliphatic rings. The van der Waals surface area contributed by atoms with Crippen LogP contribution in [0.1, 0.15) is 37.4 Å². The number of carbonyl (C=O) groups excluding carboxylic acids is 1. The van der Waals surface area contributed by atoms with Crippen LogP contribution in [-0.4, -0.2) is 25.7 Å². The summed E-state index contributed by atoms with van der Waals surface area (Å²) in [6.07, 6.45) is 0.901. The van der Waals surface area contributed by atoms with Gasteiger partial charge in [-0.1, -0.05) is 38.1 Å². The molecule has 0 aromatic heterocycles. The van der Waals surface area contributed by atoms with Gasteiger partial charge < -0.3 is 15.8 Å². The van der Waals surface area contributed by atoms with Gasteiger partial charge in [0.15, 0.2) is 0 Å². The summed E-state index contributed by atoms with van der Waals surface area (Å²) in [5, 5.41) is 3.03. The van der Waals surface area contributed by atoms with Crippen LogP contribution in [0.2, 0.25) is 0 Å². The Hall–Kier alpha value is -1.39. The highest BCUT2D eigenvalue weighted by molar-refractivity contribution is 5.82. The number of hydrogen-bond acceptors (Lipinski definition) is 3. The minimum atomic E-state index is -0.610. The van der Waals surface area contributed by atoms with E-state index < -0.39 is 6.04 Å². The zero-order chi connectivity index (χ0) is 14.0. The first-order chi connectivity index (χ1) is 8.95. The molecule has 3 N–H and O–H groups in total. The molecule has 19 heavy (non-hydrogen) atoms. The minimum absolute atomic E-state index is 0.0432. The highest BCUT2D eigenvalue weighted by Gasteiger charge is 2.37. The van der Waals surface area contributed by atoms with Crippen molar-refractivity contribution in [1.29, 1.82) is 0 Å². The van der Waals surface area contributed by atoms with Crippen molar-refractivity contribution in [3.8, 4) is 0 Å². The molecule has 0 fully saturated rings. The summed E-state index contributed by atoms with van der Waals surface area (Å²) in [5.74, 6) is -0.153. The maximum atomic E-state index is 12.0. The average molecular weight is 262 g/mol. The van der Waals surface area contributed by atoms with E-state index >= 15 is 0 Å². The maximum absolute atomic E-state index is 12.0. The SMILES string of the molecule is COCC(N)C(=O)NC1CC(C)(C)c2ccccc21. The fourth-order valence-electron chi connectivity index (χ4n) is 2.81. The van der Waals surface area contributed by atoms with Gasteiger partial charge in [-0.15, -0.1) is 0 Å². The normalized spacial score (nSPS) is 21.8. The first-order valence-corrected chi connectivity index (χ1v) is 6.60. The van der Waals surface area contributed by atoms with E-state index in [1.165, 1.54) is 11.1 Å². The van der Waals surface area contributed by atoms with E-state index in [1.54, 1.807) is 7.11 Å². The molecular weight excluding hydrogens is 240 g/mol. The Morgan fingerprint density at radius 3 is 2.89 bits per heavy atom. The van der Waals surface area contributed by atoms with Gasteiger partial charge in [-0.2, -0.15) is 0 Å². The van der Waals surface area contributed by atoms with Gasteiger partial charge in [0.1, 0.15) is 6.04 Å². The predicted octanol–water partition coefficient (Wildman–Crippen LogP) is 1.50. The topological polar surface area (TPSA) is 64.3 Å². The molecule has 0 bridgehead atoms. The van der Waals surface area contributed by atoms with Gasteiger partial charge in [0.25, 0.3) is 0 Å². The van der Waals surface area contributed by atoms with Crippen LogP contribution in [0.5, 0.6) is 0 Å². The number of hydrogen-bond donors (Lipinski definition) is 2. The molecule has 1 aliphatic carbocycles. The number of carbonyl (C=O) groups is 1. The van der Waals surface area contributed by atoms with Crippen LogP contribution in [0, 0.1) is 0 Å². The number of fused-ring (bicyclic) bond motifs is 1. The Balaban J connectivity index is 2.14. The average Bonchev–Trinajstić information content (AvgIpc) is 2.62.